The Morgan fingerprint density at radius 1 is 1.42 bits per heavy atom. The van der Waals surface area contributed by atoms with E-state index in [4.69, 9.17) is 9.84 Å². The van der Waals surface area contributed by atoms with Gasteiger partial charge in [0, 0.05) is 12.7 Å². The van der Waals surface area contributed by atoms with Crippen LogP contribution in [0.4, 0.5) is 0 Å². The lowest BCUT2D eigenvalue weighted by Crippen LogP contribution is -2.06. The van der Waals surface area contributed by atoms with Crippen LogP contribution in [-0.4, -0.2) is 17.7 Å². The van der Waals surface area contributed by atoms with E-state index in [1.54, 1.807) is 6.08 Å². The third-order valence-electron chi connectivity index (χ3n) is 2.90. The first-order valence-corrected chi connectivity index (χ1v) is 6.70. The zero-order valence-electron chi connectivity index (χ0n) is 11.6. The molecule has 1 unspecified atom stereocenters. The van der Waals surface area contributed by atoms with Crippen LogP contribution < -0.4 is 0 Å². The molecule has 3 heteroatoms. The number of carboxylic acids is 1. The second kappa shape index (κ2) is 8.48. The predicted molar refractivity (Wildman–Crippen MR) is 76.8 cm³/mol. The summed E-state index contributed by atoms with van der Waals surface area (Å²) in [5, 5.41) is 8.66. The Morgan fingerprint density at radius 2 is 2.16 bits per heavy atom. The van der Waals surface area contributed by atoms with E-state index >= 15 is 0 Å². The molecule has 0 aromatic heterocycles. The van der Waals surface area contributed by atoms with Gasteiger partial charge in [-0.25, -0.2) is 4.79 Å². The molecule has 0 aliphatic rings. The average Bonchev–Trinajstić information content (AvgIpc) is 2.38. The van der Waals surface area contributed by atoms with Crippen LogP contribution >= 0.6 is 0 Å². The van der Waals surface area contributed by atoms with Gasteiger partial charge in [-0.05, 0) is 29.5 Å². The van der Waals surface area contributed by atoms with Gasteiger partial charge in [-0.15, -0.1) is 0 Å². The molecular weight excluding hydrogens is 240 g/mol. The zero-order valence-corrected chi connectivity index (χ0v) is 11.6. The van der Waals surface area contributed by atoms with E-state index < -0.39 is 5.97 Å². The van der Waals surface area contributed by atoms with Crippen molar-refractivity contribution in [1.29, 1.82) is 0 Å². The van der Waals surface area contributed by atoms with Gasteiger partial charge in [-0.3, -0.25) is 0 Å². The molecule has 0 bridgehead atoms. The fraction of sp³-hybridized carbons (Fsp3) is 0.438. The van der Waals surface area contributed by atoms with E-state index in [0.29, 0.717) is 12.5 Å². The smallest absolute Gasteiger partial charge is 0.328 e. The Balaban J connectivity index is 2.55. The molecular formula is C16H22O3. The van der Waals surface area contributed by atoms with E-state index in [1.165, 1.54) is 12.8 Å². The van der Waals surface area contributed by atoms with Crippen molar-refractivity contribution in [1.82, 2.24) is 0 Å². The quantitative estimate of drug-likeness (QED) is 0.726. The molecule has 0 saturated carbocycles. The number of hydrogen-bond donors (Lipinski definition) is 1. The lowest BCUT2D eigenvalue weighted by molar-refractivity contribution is -0.131. The molecule has 1 aromatic carbocycles. The topological polar surface area (TPSA) is 46.5 Å². The Labute approximate surface area is 114 Å². The molecule has 1 rings (SSSR count). The van der Waals surface area contributed by atoms with E-state index in [2.05, 4.69) is 13.8 Å². The van der Waals surface area contributed by atoms with Crippen LogP contribution in [0.15, 0.2) is 30.3 Å². The average molecular weight is 262 g/mol. The molecule has 104 valence electrons. The van der Waals surface area contributed by atoms with Crippen LogP contribution in [-0.2, 0) is 16.1 Å². The first kappa shape index (κ1) is 15.4. The van der Waals surface area contributed by atoms with Crippen molar-refractivity contribution in [3.8, 4) is 0 Å². The minimum absolute atomic E-state index is 0.522. The van der Waals surface area contributed by atoms with E-state index in [0.717, 1.165) is 23.8 Å². The van der Waals surface area contributed by atoms with Gasteiger partial charge in [0.25, 0.3) is 0 Å². The van der Waals surface area contributed by atoms with E-state index in [1.807, 2.05) is 24.3 Å². The Kier molecular flexibility index (Phi) is 6.90. The number of rotatable bonds is 8. The fourth-order valence-corrected chi connectivity index (χ4v) is 1.94. The highest BCUT2D eigenvalue weighted by Gasteiger charge is 2.03. The Morgan fingerprint density at radius 3 is 2.84 bits per heavy atom. The van der Waals surface area contributed by atoms with Gasteiger partial charge in [0.1, 0.15) is 0 Å². The molecule has 1 atom stereocenters. The van der Waals surface area contributed by atoms with Gasteiger partial charge in [-0.1, -0.05) is 44.5 Å². The van der Waals surface area contributed by atoms with Crippen LogP contribution in [0.2, 0.25) is 0 Å². The molecule has 1 N–H and O–H groups in total. The summed E-state index contributed by atoms with van der Waals surface area (Å²) in [6, 6.07) is 7.69. The summed E-state index contributed by atoms with van der Waals surface area (Å²) in [4.78, 5) is 10.5. The molecule has 0 radical (unpaired) electrons. The van der Waals surface area contributed by atoms with Crippen molar-refractivity contribution < 1.29 is 14.6 Å². The Bertz CT molecular complexity index is 424. The normalized spacial score (nSPS) is 12.7. The first-order valence-electron chi connectivity index (χ1n) is 6.70. The predicted octanol–water partition coefficient (Wildman–Crippen LogP) is 3.74. The summed E-state index contributed by atoms with van der Waals surface area (Å²) in [6.45, 7) is 5.61. The maximum Gasteiger partial charge on any atom is 0.328 e. The molecule has 0 amide bonds. The van der Waals surface area contributed by atoms with Crippen LogP contribution in [0, 0.1) is 5.92 Å². The number of carbonyl (C=O) groups is 1. The molecule has 0 saturated heterocycles. The second-order valence-electron chi connectivity index (χ2n) is 4.78. The lowest BCUT2D eigenvalue weighted by Gasteiger charge is -2.12. The summed E-state index contributed by atoms with van der Waals surface area (Å²) in [7, 11) is 0. The van der Waals surface area contributed by atoms with Crippen molar-refractivity contribution in [2.45, 2.75) is 33.3 Å². The highest BCUT2D eigenvalue weighted by Crippen LogP contribution is 2.13. The zero-order chi connectivity index (χ0) is 14.1. The highest BCUT2D eigenvalue weighted by atomic mass is 16.5. The van der Waals surface area contributed by atoms with Crippen molar-refractivity contribution in [2.75, 3.05) is 6.61 Å². The molecule has 0 aliphatic heterocycles. The second-order valence-corrected chi connectivity index (χ2v) is 4.78. The van der Waals surface area contributed by atoms with E-state index in [9.17, 15) is 4.79 Å². The molecule has 19 heavy (non-hydrogen) atoms. The van der Waals surface area contributed by atoms with Gasteiger partial charge in [0.05, 0.1) is 6.61 Å². The maximum atomic E-state index is 10.5. The number of benzene rings is 1. The third kappa shape index (κ3) is 6.20. The van der Waals surface area contributed by atoms with Crippen molar-refractivity contribution in [3.05, 3.63) is 41.5 Å². The molecule has 0 fully saturated rings. The molecule has 0 heterocycles. The monoisotopic (exact) mass is 262 g/mol. The summed E-state index contributed by atoms with van der Waals surface area (Å²) in [5.74, 6) is -0.376. The van der Waals surface area contributed by atoms with Crippen molar-refractivity contribution in [3.63, 3.8) is 0 Å². The summed E-state index contributed by atoms with van der Waals surface area (Å²) >= 11 is 0. The van der Waals surface area contributed by atoms with Crippen LogP contribution in [0.5, 0.6) is 0 Å². The van der Waals surface area contributed by atoms with Gasteiger partial charge in [-0.2, -0.15) is 0 Å². The van der Waals surface area contributed by atoms with Crippen LogP contribution in [0.3, 0.4) is 0 Å². The number of hydrogen-bond acceptors (Lipinski definition) is 2. The summed E-state index contributed by atoms with van der Waals surface area (Å²) in [6.07, 6.45) is 5.10. The standard InChI is InChI=1S/C16H22O3/c1-3-6-13(2)11-19-12-15-8-5-4-7-14(15)9-10-16(17)18/h4-5,7-10,13H,3,6,11-12H2,1-2H3,(H,17,18)/b10-9+. The Hall–Kier alpha value is -1.61. The largest absolute Gasteiger partial charge is 0.478 e. The maximum absolute atomic E-state index is 10.5. The van der Waals surface area contributed by atoms with Gasteiger partial charge in [0.15, 0.2) is 0 Å². The van der Waals surface area contributed by atoms with Crippen molar-refractivity contribution in [2.24, 2.45) is 5.92 Å². The van der Waals surface area contributed by atoms with Gasteiger partial charge < -0.3 is 9.84 Å². The molecule has 3 nitrogen and oxygen atoms in total. The van der Waals surface area contributed by atoms with Gasteiger partial charge >= 0.3 is 5.97 Å². The van der Waals surface area contributed by atoms with Crippen molar-refractivity contribution >= 4 is 12.0 Å². The molecule has 1 aromatic rings. The summed E-state index contributed by atoms with van der Waals surface area (Å²) in [5.41, 5.74) is 1.91. The van der Waals surface area contributed by atoms with Crippen LogP contribution in [0.1, 0.15) is 37.8 Å². The van der Waals surface area contributed by atoms with Crippen LogP contribution in [0.25, 0.3) is 6.08 Å². The number of ether oxygens (including phenoxy) is 1. The third-order valence-corrected chi connectivity index (χ3v) is 2.90. The number of carboxylic acid groups (broad SMARTS) is 1. The highest BCUT2D eigenvalue weighted by molar-refractivity contribution is 5.85. The molecule has 0 spiro atoms. The van der Waals surface area contributed by atoms with Gasteiger partial charge in [0.2, 0.25) is 0 Å². The minimum Gasteiger partial charge on any atom is -0.478 e. The number of aliphatic carboxylic acids is 1. The van der Waals surface area contributed by atoms with E-state index in [-0.39, 0.29) is 0 Å². The lowest BCUT2D eigenvalue weighted by atomic mass is 10.1. The SMILES string of the molecule is CCCC(C)COCc1ccccc1/C=C/C(=O)O. The molecule has 0 aliphatic carbocycles. The summed E-state index contributed by atoms with van der Waals surface area (Å²) < 4.78 is 5.70. The fourth-order valence-electron chi connectivity index (χ4n) is 1.94. The first-order chi connectivity index (χ1) is 9.13. The minimum atomic E-state index is -0.938.